The molecule has 230 valence electrons. The number of benzene rings is 1. The molecular weight excluding hydrogens is 542 g/mol. The monoisotopic (exact) mass is 585 g/mol. The summed E-state index contributed by atoms with van der Waals surface area (Å²) in [6.45, 7) is 8.24. The Labute approximate surface area is 246 Å². The summed E-state index contributed by atoms with van der Waals surface area (Å²) in [7, 11) is 0. The number of amides is 6. The molecular formula is C30H43N5O7. The molecule has 0 radical (unpaired) electrons. The van der Waals surface area contributed by atoms with Gasteiger partial charge in [0.1, 0.15) is 11.8 Å². The van der Waals surface area contributed by atoms with E-state index in [2.05, 4.69) is 35.1 Å². The van der Waals surface area contributed by atoms with Gasteiger partial charge in [0.25, 0.3) is 17.7 Å². The molecule has 3 rings (SSSR count). The molecule has 0 aliphatic carbocycles. The number of carbonyl (C=O) groups excluding carboxylic acids is 6. The van der Waals surface area contributed by atoms with E-state index >= 15 is 0 Å². The van der Waals surface area contributed by atoms with Crippen LogP contribution in [-0.2, 0) is 19.2 Å². The molecule has 0 aromatic heterocycles. The summed E-state index contributed by atoms with van der Waals surface area (Å²) in [5, 5.41) is 11.4. The minimum absolute atomic E-state index is 0.00192. The molecule has 4 N–H and O–H groups in total. The smallest absolute Gasteiger partial charge is 0.266 e. The summed E-state index contributed by atoms with van der Waals surface area (Å²) in [5.74, 6) is -2.77. The van der Waals surface area contributed by atoms with Crippen molar-refractivity contribution in [1.29, 1.82) is 0 Å². The van der Waals surface area contributed by atoms with Crippen LogP contribution in [0.5, 0.6) is 5.75 Å². The van der Waals surface area contributed by atoms with E-state index in [9.17, 15) is 28.8 Å². The third-order valence-corrected chi connectivity index (χ3v) is 7.70. The first kappa shape index (κ1) is 32.7. The van der Waals surface area contributed by atoms with E-state index in [1.165, 1.54) is 18.2 Å². The lowest BCUT2D eigenvalue weighted by molar-refractivity contribution is -0.136. The van der Waals surface area contributed by atoms with Gasteiger partial charge in [0.15, 0.2) is 6.61 Å². The van der Waals surface area contributed by atoms with Crippen molar-refractivity contribution in [2.45, 2.75) is 103 Å². The molecule has 0 spiro atoms. The maximum atomic E-state index is 13.1. The summed E-state index contributed by atoms with van der Waals surface area (Å²) >= 11 is 0. The number of ether oxygens (including phenoxy) is 1. The second kappa shape index (κ2) is 15.4. The van der Waals surface area contributed by atoms with Crippen LogP contribution in [0.4, 0.5) is 0 Å². The lowest BCUT2D eigenvalue weighted by Crippen LogP contribution is -2.54. The zero-order valence-corrected chi connectivity index (χ0v) is 24.9. The summed E-state index contributed by atoms with van der Waals surface area (Å²) in [6.07, 6.45) is 4.95. The van der Waals surface area contributed by atoms with Crippen molar-refractivity contribution in [3.05, 3.63) is 29.3 Å². The number of fused-ring (bicyclic) bond motifs is 1. The molecule has 1 saturated heterocycles. The Kier molecular flexibility index (Phi) is 12.0. The molecule has 2 heterocycles. The number of rotatable bonds is 16. The van der Waals surface area contributed by atoms with Gasteiger partial charge in [-0.1, -0.05) is 32.8 Å². The number of imide groups is 2. The average Bonchev–Trinajstić information content (AvgIpc) is 3.22. The summed E-state index contributed by atoms with van der Waals surface area (Å²) in [6, 6.07) is 3.51. The van der Waals surface area contributed by atoms with Crippen molar-refractivity contribution in [3.8, 4) is 5.75 Å². The largest absolute Gasteiger partial charge is 0.483 e. The van der Waals surface area contributed by atoms with Gasteiger partial charge in [-0.2, -0.15) is 0 Å². The molecule has 12 nitrogen and oxygen atoms in total. The number of piperidine rings is 1. The highest BCUT2D eigenvalue weighted by Gasteiger charge is 2.46. The number of hydrogen-bond acceptors (Lipinski definition) is 8. The van der Waals surface area contributed by atoms with E-state index in [0.717, 1.165) is 37.0 Å². The first-order valence-electron chi connectivity index (χ1n) is 14.9. The van der Waals surface area contributed by atoms with E-state index < -0.39 is 29.7 Å². The molecule has 1 fully saturated rings. The zero-order valence-electron chi connectivity index (χ0n) is 24.9. The van der Waals surface area contributed by atoms with Crippen LogP contribution in [0.2, 0.25) is 0 Å². The van der Waals surface area contributed by atoms with Crippen molar-refractivity contribution >= 4 is 35.4 Å². The highest BCUT2D eigenvalue weighted by atomic mass is 16.5. The van der Waals surface area contributed by atoms with E-state index in [1.807, 2.05) is 13.8 Å². The van der Waals surface area contributed by atoms with Gasteiger partial charge in [-0.05, 0) is 58.1 Å². The molecule has 4 atom stereocenters. The summed E-state index contributed by atoms with van der Waals surface area (Å²) in [5.41, 5.74) is 0.0829. The van der Waals surface area contributed by atoms with E-state index in [1.54, 1.807) is 0 Å². The van der Waals surface area contributed by atoms with Crippen molar-refractivity contribution in [2.24, 2.45) is 0 Å². The van der Waals surface area contributed by atoms with Crippen molar-refractivity contribution in [2.75, 3.05) is 13.2 Å². The normalized spacial score (nSPS) is 18.7. The summed E-state index contributed by atoms with van der Waals surface area (Å²) in [4.78, 5) is 75.8. The number of hydrogen-bond donors (Lipinski definition) is 4. The van der Waals surface area contributed by atoms with Crippen LogP contribution in [-0.4, -0.2) is 77.7 Å². The second-order valence-electron chi connectivity index (χ2n) is 11.0. The maximum Gasteiger partial charge on any atom is 0.266 e. The Bertz CT molecular complexity index is 1190. The number of carbonyl (C=O) groups is 6. The van der Waals surface area contributed by atoms with E-state index in [0.29, 0.717) is 13.0 Å². The fourth-order valence-corrected chi connectivity index (χ4v) is 4.87. The number of nitrogens with zero attached hydrogens (tertiary/aromatic N) is 1. The lowest BCUT2D eigenvalue weighted by Gasteiger charge is -2.27. The molecule has 1 aromatic carbocycles. The van der Waals surface area contributed by atoms with E-state index in [-0.39, 0.29) is 66.3 Å². The highest BCUT2D eigenvalue weighted by Crippen LogP contribution is 2.33. The standard InChI is InChI=1S/C30H43N5O7/c1-5-18(3)32-21(27(38)33-19(4)6-2)12-8-7-9-16-31-25(37)17-42-23-13-10-11-20-26(23)30(41)35(29(20)40)22-14-15-24(36)34-28(22)39/h10-11,13,18-19,21-22,32H,5-9,12,14-17H2,1-4H3,(H,31,37)(H,33,38)(H,34,36,39)/t18?,19?,21-,22?/m0/s1. The minimum Gasteiger partial charge on any atom is -0.483 e. The third-order valence-electron chi connectivity index (χ3n) is 7.70. The van der Waals surface area contributed by atoms with Crippen LogP contribution in [0.1, 0.15) is 99.8 Å². The first-order chi connectivity index (χ1) is 20.1. The van der Waals surface area contributed by atoms with Gasteiger partial charge in [-0.15, -0.1) is 0 Å². The Hall–Kier alpha value is -3.80. The predicted octanol–water partition coefficient (Wildman–Crippen LogP) is 1.81. The van der Waals surface area contributed by atoms with Crippen molar-refractivity contribution in [1.82, 2.24) is 26.2 Å². The Morgan fingerprint density at radius 1 is 1.02 bits per heavy atom. The molecule has 0 bridgehead atoms. The van der Waals surface area contributed by atoms with Gasteiger partial charge >= 0.3 is 0 Å². The first-order valence-corrected chi connectivity index (χ1v) is 14.9. The van der Waals surface area contributed by atoms with Gasteiger partial charge in [-0.25, -0.2) is 0 Å². The Morgan fingerprint density at radius 3 is 2.45 bits per heavy atom. The van der Waals surface area contributed by atoms with Crippen LogP contribution in [0, 0.1) is 0 Å². The SMILES string of the molecule is CCC(C)NC(=O)[C@H](CCCCCNC(=O)COc1cccc2c1C(=O)N(C1CCC(=O)NC1=O)C2=O)NC(C)CC. The molecule has 3 unspecified atom stereocenters. The zero-order chi connectivity index (χ0) is 30.8. The van der Waals surface area contributed by atoms with Crippen LogP contribution < -0.4 is 26.0 Å². The average molecular weight is 586 g/mol. The van der Waals surface area contributed by atoms with Crippen LogP contribution >= 0.6 is 0 Å². The van der Waals surface area contributed by atoms with Gasteiger partial charge < -0.3 is 20.7 Å². The molecule has 2 aliphatic rings. The maximum absolute atomic E-state index is 13.1. The third kappa shape index (κ3) is 8.37. The van der Waals surface area contributed by atoms with Crippen LogP contribution in [0.3, 0.4) is 0 Å². The quantitative estimate of drug-likeness (QED) is 0.169. The van der Waals surface area contributed by atoms with Gasteiger partial charge in [0.2, 0.25) is 17.7 Å². The molecule has 2 aliphatic heterocycles. The molecule has 12 heteroatoms. The van der Waals surface area contributed by atoms with Gasteiger partial charge in [0, 0.05) is 25.0 Å². The van der Waals surface area contributed by atoms with Crippen LogP contribution in [0.15, 0.2) is 18.2 Å². The lowest BCUT2D eigenvalue weighted by atomic mass is 10.0. The second-order valence-corrected chi connectivity index (χ2v) is 11.0. The molecule has 1 aromatic rings. The molecule has 0 saturated carbocycles. The van der Waals surface area contributed by atoms with Crippen LogP contribution in [0.25, 0.3) is 0 Å². The molecule has 6 amide bonds. The number of nitrogens with one attached hydrogen (secondary N) is 4. The Morgan fingerprint density at radius 2 is 1.76 bits per heavy atom. The Balaban J connectivity index is 1.44. The number of unbranched alkanes of at least 4 members (excludes halogenated alkanes) is 2. The molecule has 42 heavy (non-hydrogen) atoms. The fraction of sp³-hybridized carbons (Fsp3) is 0.600. The fourth-order valence-electron chi connectivity index (χ4n) is 4.87. The summed E-state index contributed by atoms with van der Waals surface area (Å²) < 4.78 is 5.61. The van der Waals surface area contributed by atoms with E-state index in [4.69, 9.17) is 4.74 Å². The topological polar surface area (TPSA) is 163 Å². The minimum atomic E-state index is -1.08. The van der Waals surface area contributed by atoms with Gasteiger partial charge in [0.05, 0.1) is 17.2 Å². The van der Waals surface area contributed by atoms with Gasteiger partial charge in [-0.3, -0.25) is 39.0 Å². The van der Waals surface area contributed by atoms with Crippen molar-refractivity contribution < 1.29 is 33.5 Å². The van der Waals surface area contributed by atoms with Crippen molar-refractivity contribution in [3.63, 3.8) is 0 Å². The predicted molar refractivity (Wildman–Crippen MR) is 155 cm³/mol. The highest BCUT2D eigenvalue weighted by molar-refractivity contribution is 6.24.